The number of carbonyl (C=O) groups excluding carboxylic acids is 1. The minimum Gasteiger partial charge on any atom is -0.352 e. The molecular weight excluding hydrogens is 348 g/mol. The SMILES string of the molecule is O=C(NCC1CCCC1)c1cnc(Nc2cc(F)cc(F)c2)cc1C1CC1. The average molecular weight is 371 g/mol. The molecule has 6 heteroatoms. The lowest BCUT2D eigenvalue weighted by Gasteiger charge is -2.14. The van der Waals surface area contributed by atoms with Gasteiger partial charge in [0.05, 0.1) is 5.56 Å². The summed E-state index contributed by atoms with van der Waals surface area (Å²) in [6.45, 7) is 0.714. The largest absolute Gasteiger partial charge is 0.352 e. The van der Waals surface area contributed by atoms with E-state index >= 15 is 0 Å². The minimum atomic E-state index is -0.650. The van der Waals surface area contributed by atoms with Crippen LogP contribution >= 0.6 is 0 Å². The van der Waals surface area contributed by atoms with Crippen LogP contribution in [0.5, 0.6) is 0 Å². The molecule has 27 heavy (non-hydrogen) atoms. The number of halogens is 2. The van der Waals surface area contributed by atoms with Gasteiger partial charge in [-0.05, 0) is 61.3 Å². The van der Waals surface area contributed by atoms with E-state index in [1.165, 1.54) is 37.8 Å². The standard InChI is InChI=1S/C21H23F2N3O/c22-15-7-16(23)9-17(8-15)26-20-10-18(14-5-6-14)19(12-24-20)21(27)25-11-13-3-1-2-4-13/h7-10,12-14H,1-6,11H2,(H,24,26)(H,25,27). The molecule has 2 fully saturated rings. The summed E-state index contributed by atoms with van der Waals surface area (Å²) in [7, 11) is 0. The molecule has 2 N–H and O–H groups in total. The highest BCUT2D eigenvalue weighted by atomic mass is 19.1. The molecule has 2 saturated carbocycles. The topological polar surface area (TPSA) is 54.0 Å². The summed E-state index contributed by atoms with van der Waals surface area (Å²) in [5.41, 5.74) is 1.85. The van der Waals surface area contributed by atoms with Crippen LogP contribution in [0.1, 0.15) is 60.4 Å². The molecule has 1 amide bonds. The van der Waals surface area contributed by atoms with Crippen molar-refractivity contribution in [3.8, 4) is 0 Å². The predicted octanol–water partition coefficient (Wildman–Crippen LogP) is 4.90. The zero-order valence-electron chi connectivity index (χ0n) is 15.1. The first kappa shape index (κ1) is 17.9. The van der Waals surface area contributed by atoms with E-state index in [0.29, 0.717) is 35.4 Å². The molecule has 0 unspecified atom stereocenters. The van der Waals surface area contributed by atoms with Crippen LogP contribution in [0.15, 0.2) is 30.5 Å². The molecule has 2 aromatic rings. The van der Waals surface area contributed by atoms with Crippen molar-refractivity contribution in [3.63, 3.8) is 0 Å². The molecule has 0 spiro atoms. The smallest absolute Gasteiger partial charge is 0.253 e. The Kier molecular flexibility index (Phi) is 5.05. The van der Waals surface area contributed by atoms with Gasteiger partial charge in [0, 0.05) is 24.5 Å². The van der Waals surface area contributed by atoms with Gasteiger partial charge in [-0.25, -0.2) is 13.8 Å². The zero-order valence-corrected chi connectivity index (χ0v) is 15.1. The number of pyridine rings is 1. The summed E-state index contributed by atoms with van der Waals surface area (Å²) in [6.07, 6.45) is 8.51. The molecule has 0 aliphatic heterocycles. The van der Waals surface area contributed by atoms with E-state index in [4.69, 9.17) is 0 Å². The van der Waals surface area contributed by atoms with Gasteiger partial charge >= 0.3 is 0 Å². The lowest BCUT2D eigenvalue weighted by atomic mass is 10.0. The highest BCUT2D eigenvalue weighted by Gasteiger charge is 2.29. The molecular formula is C21H23F2N3O. The Morgan fingerprint density at radius 3 is 2.41 bits per heavy atom. The summed E-state index contributed by atoms with van der Waals surface area (Å²) >= 11 is 0. The molecule has 2 aliphatic rings. The molecule has 0 bridgehead atoms. The fourth-order valence-electron chi connectivity index (χ4n) is 3.78. The van der Waals surface area contributed by atoms with Gasteiger partial charge < -0.3 is 10.6 Å². The van der Waals surface area contributed by atoms with Crippen LogP contribution in [0.2, 0.25) is 0 Å². The average Bonchev–Trinajstić information content (AvgIpc) is 3.34. The molecule has 4 nitrogen and oxygen atoms in total. The first-order valence-corrected chi connectivity index (χ1v) is 9.60. The Morgan fingerprint density at radius 1 is 1.04 bits per heavy atom. The van der Waals surface area contributed by atoms with Gasteiger partial charge in [-0.15, -0.1) is 0 Å². The summed E-state index contributed by atoms with van der Waals surface area (Å²) in [5, 5.41) is 5.98. The maximum Gasteiger partial charge on any atom is 0.253 e. The molecule has 4 rings (SSSR count). The molecule has 1 heterocycles. The fourth-order valence-corrected chi connectivity index (χ4v) is 3.78. The highest BCUT2D eigenvalue weighted by Crippen LogP contribution is 2.42. The number of aromatic nitrogens is 1. The summed E-state index contributed by atoms with van der Waals surface area (Å²) < 4.78 is 26.8. The predicted molar refractivity (Wildman–Crippen MR) is 100 cm³/mol. The minimum absolute atomic E-state index is 0.0837. The van der Waals surface area contributed by atoms with E-state index in [2.05, 4.69) is 15.6 Å². The van der Waals surface area contributed by atoms with Gasteiger partial charge in [0.1, 0.15) is 17.5 Å². The fraction of sp³-hybridized carbons (Fsp3) is 0.429. The van der Waals surface area contributed by atoms with E-state index in [0.717, 1.165) is 24.5 Å². The van der Waals surface area contributed by atoms with Crippen molar-refractivity contribution in [2.45, 2.75) is 44.4 Å². The number of carbonyl (C=O) groups is 1. The van der Waals surface area contributed by atoms with E-state index in [9.17, 15) is 13.6 Å². The van der Waals surface area contributed by atoms with Crippen molar-refractivity contribution in [2.24, 2.45) is 5.92 Å². The maximum absolute atomic E-state index is 13.4. The van der Waals surface area contributed by atoms with E-state index in [-0.39, 0.29) is 5.91 Å². The van der Waals surface area contributed by atoms with Crippen LogP contribution in [-0.2, 0) is 0 Å². The lowest BCUT2D eigenvalue weighted by Crippen LogP contribution is -2.29. The van der Waals surface area contributed by atoms with Crippen LogP contribution < -0.4 is 10.6 Å². The summed E-state index contributed by atoms with van der Waals surface area (Å²) in [6, 6.07) is 5.07. The van der Waals surface area contributed by atoms with E-state index in [1.54, 1.807) is 6.20 Å². The monoisotopic (exact) mass is 371 g/mol. The van der Waals surface area contributed by atoms with Crippen molar-refractivity contribution in [1.82, 2.24) is 10.3 Å². The molecule has 0 saturated heterocycles. The van der Waals surface area contributed by atoms with E-state index in [1.807, 2.05) is 6.07 Å². The van der Waals surface area contributed by atoms with Crippen molar-refractivity contribution in [1.29, 1.82) is 0 Å². The molecule has 142 valence electrons. The Balaban J connectivity index is 1.50. The number of amides is 1. The normalized spacial score (nSPS) is 17.1. The second-order valence-corrected chi connectivity index (χ2v) is 7.57. The quantitative estimate of drug-likeness (QED) is 0.759. The van der Waals surface area contributed by atoms with Crippen molar-refractivity contribution < 1.29 is 13.6 Å². The zero-order chi connectivity index (χ0) is 18.8. The lowest BCUT2D eigenvalue weighted by molar-refractivity contribution is 0.0946. The second kappa shape index (κ2) is 7.62. The number of benzene rings is 1. The number of hydrogen-bond acceptors (Lipinski definition) is 3. The number of hydrogen-bond donors (Lipinski definition) is 2. The molecule has 1 aromatic heterocycles. The number of nitrogens with one attached hydrogen (secondary N) is 2. The highest BCUT2D eigenvalue weighted by molar-refractivity contribution is 5.96. The molecule has 2 aliphatic carbocycles. The van der Waals surface area contributed by atoms with Gasteiger partial charge in [-0.3, -0.25) is 4.79 Å². The third-order valence-corrected chi connectivity index (χ3v) is 5.36. The third kappa shape index (κ3) is 4.43. The molecule has 0 atom stereocenters. The second-order valence-electron chi connectivity index (χ2n) is 7.57. The first-order chi connectivity index (χ1) is 13.1. The Bertz CT molecular complexity index is 825. The van der Waals surface area contributed by atoms with Crippen LogP contribution in [0.25, 0.3) is 0 Å². The van der Waals surface area contributed by atoms with Crippen LogP contribution in [0.3, 0.4) is 0 Å². The van der Waals surface area contributed by atoms with Gasteiger partial charge in [0.2, 0.25) is 0 Å². The number of nitrogens with zero attached hydrogens (tertiary/aromatic N) is 1. The molecule has 0 radical (unpaired) electrons. The van der Waals surface area contributed by atoms with Gasteiger partial charge in [0.15, 0.2) is 0 Å². The van der Waals surface area contributed by atoms with Gasteiger partial charge in [0.25, 0.3) is 5.91 Å². The number of anilines is 2. The Hall–Kier alpha value is -2.50. The van der Waals surface area contributed by atoms with Crippen molar-refractivity contribution in [2.75, 3.05) is 11.9 Å². The van der Waals surface area contributed by atoms with Crippen LogP contribution in [0, 0.1) is 17.6 Å². The summed E-state index contributed by atoms with van der Waals surface area (Å²) in [4.78, 5) is 16.9. The number of rotatable bonds is 6. The van der Waals surface area contributed by atoms with Gasteiger partial charge in [-0.2, -0.15) is 0 Å². The van der Waals surface area contributed by atoms with Crippen molar-refractivity contribution in [3.05, 3.63) is 53.2 Å². The Morgan fingerprint density at radius 2 is 1.74 bits per heavy atom. The third-order valence-electron chi connectivity index (χ3n) is 5.36. The van der Waals surface area contributed by atoms with Gasteiger partial charge in [-0.1, -0.05) is 12.8 Å². The maximum atomic E-state index is 13.4. The Labute approximate surface area is 157 Å². The first-order valence-electron chi connectivity index (χ1n) is 9.60. The van der Waals surface area contributed by atoms with E-state index < -0.39 is 11.6 Å². The van der Waals surface area contributed by atoms with Crippen molar-refractivity contribution >= 4 is 17.4 Å². The van der Waals surface area contributed by atoms with Crippen LogP contribution in [0.4, 0.5) is 20.3 Å². The van der Waals surface area contributed by atoms with Crippen LogP contribution in [-0.4, -0.2) is 17.4 Å². The molecule has 1 aromatic carbocycles. The summed E-state index contributed by atoms with van der Waals surface area (Å²) in [5.74, 6) is 0.0275.